The van der Waals surface area contributed by atoms with Gasteiger partial charge in [0.15, 0.2) is 11.8 Å². The van der Waals surface area contributed by atoms with Crippen molar-refractivity contribution in [1.82, 2.24) is 5.32 Å². The highest BCUT2D eigenvalue weighted by Gasteiger charge is 2.23. The fraction of sp³-hybridized carbons (Fsp3) is 0.143. The average Bonchev–Trinajstić information content (AvgIpc) is 2.94. The zero-order valence-corrected chi connectivity index (χ0v) is 10.6. The van der Waals surface area contributed by atoms with Crippen LogP contribution in [0.25, 0.3) is 0 Å². The normalized spacial score (nSPS) is 11.8. The lowest BCUT2D eigenvalue weighted by Crippen LogP contribution is -2.33. The van der Waals surface area contributed by atoms with Gasteiger partial charge in [-0.25, -0.2) is 4.79 Å². The molecule has 0 fully saturated rings. The van der Waals surface area contributed by atoms with Crippen LogP contribution in [0.4, 0.5) is 0 Å². The number of carbonyl (C=O) groups is 2. The van der Waals surface area contributed by atoms with Crippen LogP contribution < -0.4 is 11.1 Å². The maximum absolute atomic E-state index is 12.0. The highest BCUT2D eigenvalue weighted by atomic mass is 16.4. The lowest BCUT2D eigenvalue weighted by molar-refractivity contribution is -0.139. The van der Waals surface area contributed by atoms with Crippen molar-refractivity contribution in [2.45, 2.75) is 12.6 Å². The van der Waals surface area contributed by atoms with Gasteiger partial charge in [-0.2, -0.15) is 0 Å². The third-order valence-corrected chi connectivity index (χ3v) is 2.74. The number of furan rings is 1. The Morgan fingerprint density at radius 2 is 1.90 bits per heavy atom. The summed E-state index contributed by atoms with van der Waals surface area (Å²) in [6.45, 7) is 0.175. The molecular formula is C14H14N2O4. The Bertz CT molecular complexity index is 607. The molecule has 1 unspecified atom stereocenters. The van der Waals surface area contributed by atoms with Gasteiger partial charge in [0, 0.05) is 0 Å². The molecule has 6 nitrogen and oxygen atoms in total. The molecule has 6 heteroatoms. The van der Waals surface area contributed by atoms with E-state index in [2.05, 4.69) is 5.32 Å². The minimum Gasteiger partial charge on any atom is -0.479 e. The molecule has 0 aliphatic heterocycles. The summed E-state index contributed by atoms with van der Waals surface area (Å²) >= 11 is 0. The molecule has 20 heavy (non-hydrogen) atoms. The number of amides is 1. The maximum atomic E-state index is 12.0. The number of benzene rings is 1. The molecule has 0 saturated carbocycles. The first kappa shape index (κ1) is 13.8. The molecule has 1 aromatic heterocycles. The van der Waals surface area contributed by atoms with E-state index in [4.69, 9.17) is 10.2 Å². The SMILES string of the molecule is NCc1ccc(C(=O)NC(C(=O)O)c2ccccc2)o1. The fourth-order valence-corrected chi connectivity index (χ4v) is 1.75. The van der Waals surface area contributed by atoms with E-state index >= 15 is 0 Å². The molecule has 0 spiro atoms. The molecule has 1 aromatic carbocycles. The summed E-state index contributed by atoms with van der Waals surface area (Å²) in [4.78, 5) is 23.2. The first-order valence-electron chi connectivity index (χ1n) is 5.99. The number of carboxylic acids is 1. The Balaban J connectivity index is 2.16. The summed E-state index contributed by atoms with van der Waals surface area (Å²) in [5.41, 5.74) is 5.87. The highest BCUT2D eigenvalue weighted by molar-refractivity contribution is 5.94. The van der Waals surface area contributed by atoms with Gasteiger partial charge in [-0.1, -0.05) is 30.3 Å². The van der Waals surface area contributed by atoms with Gasteiger partial charge >= 0.3 is 5.97 Å². The van der Waals surface area contributed by atoms with Crippen molar-refractivity contribution in [3.63, 3.8) is 0 Å². The Kier molecular flexibility index (Phi) is 4.17. The molecule has 104 valence electrons. The molecule has 2 aromatic rings. The second kappa shape index (κ2) is 6.03. The van der Waals surface area contributed by atoms with Crippen LogP contribution in [0.1, 0.15) is 27.9 Å². The lowest BCUT2D eigenvalue weighted by atomic mass is 10.1. The summed E-state index contributed by atoms with van der Waals surface area (Å²) in [7, 11) is 0. The summed E-state index contributed by atoms with van der Waals surface area (Å²) in [5.74, 6) is -1.24. The van der Waals surface area contributed by atoms with Crippen molar-refractivity contribution in [3.05, 3.63) is 59.5 Å². The summed E-state index contributed by atoms with van der Waals surface area (Å²) in [5, 5.41) is 11.6. The lowest BCUT2D eigenvalue weighted by Gasteiger charge is -2.13. The van der Waals surface area contributed by atoms with Crippen LogP contribution in [0.15, 0.2) is 46.9 Å². The van der Waals surface area contributed by atoms with E-state index in [-0.39, 0.29) is 12.3 Å². The van der Waals surface area contributed by atoms with Crippen LogP contribution >= 0.6 is 0 Å². The first-order chi connectivity index (χ1) is 9.61. The minimum absolute atomic E-state index is 0.0348. The Morgan fingerprint density at radius 3 is 2.45 bits per heavy atom. The number of aliphatic carboxylic acids is 1. The topological polar surface area (TPSA) is 106 Å². The number of nitrogens with one attached hydrogen (secondary N) is 1. The molecule has 0 radical (unpaired) electrons. The predicted octanol–water partition coefficient (Wildman–Crippen LogP) is 1.29. The largest absolute Gasteiger partial charge is 0.479 e. The van der Waals surface area contributed by atoms with Gasteiger partial charge in [0.25, 0.3) is 5.91 Å². The van der Waals surface area contributed by atoms with Crippen LogP contribution in [-0.2, 0) is 11.3 Å². The molecule has 0 aliphatic rings. The third-order valence-electron chi connectivity index (χ3n) is 2.74. The van der Waals surface area contributed by atoms with E-state index < -0.39 is 17.9 Å². The fourth-order valence-electron chi connectivity index (χ4n) is 1.75. The van der Waals surface area contributed by atoms with E-state index in [9.17, 15) is 14.7 Å². The number of hydrogen-bond acceptors (Lipinski definition) is 4. The smallest absolute Gasteiger partial charge is 0.330 e. The van der Waals surface area contributed by atoms with Crippen LogP contribution in [0.3, 0.4) is 0 Å². The quantitative estimate of drug-likeness (QED) is 0.762. The highest BCUT2D eigenvalue weighted by Crippen LogP contribution is 2.15. The van der Waals surface area contributed by atoms with Gasteiger partial charge in [0.2, 0.25) is 0 Å². The van der Waals surface area contributed by atoms with Gasteiger partial charge in [0.1, 0.15) is 5.76 Å². The predicted molar refractivity (Wildman–Crippen MR) is 70.9 cm³/mol. The van der Waals surface area contributed by atoms with Crippen molar-refractivity contribution < 1.29 is 19.1 Å². The van der Waals surface area contributed by atoms with Gasteiger partial charge < -0.3 is 20.6 Å². The van der Waals surface area contributed by atoms with Crippen molar-refractivity contribution in [2.24, 2.45) is 5.73 Å². The number of carboxylic acid groups (broad SMARTS) is 1. The van der Waals surface area contributed by atoms with Crippen molar-refractivity contribution in [2.75, 3.05) is 0 Å². The molecule has 1 heterocycles. The summed E-state index contributed by atoms with van der Waals surface area (Å²) < 4.78 is 5.18. The monoisotopic (exact) mass is 274 g/mol. The van der Waals surface area contributed by atoms with E-state index in [1.165, 1.54) is 6.07 Å². The van der Waals surface area contributed by atoms with Gasteiger partial charge in [-0.3, -0.25) is 4.79 Å². The molecule has 4 N–H and O–H groups in total. The number of nitrogens with two attached hydrogens (primary N) is 1. The van der Waals surface area contributed by atoms with E-state index in [1.54, 1.807) is 36.4 Å². The third kappa shape index (κ3) is 3.04. The standard InChI is InChI=1S/C14H14N2O4/c15-8-10-6-7-11(20-10)13(17)16-12(14(18)19)9-4-2-1-3-5-9/h1-7,12H,8,15H2,(H,16,17)(H,18,19). The van der Waals surface area contributed by atoms with Crippen LogP contribution in [0.5, 0.6) is 0 Å². The van der Waals surface area contributed by atoms with Crippen LogP contribution in [-0.4, -0.2) is 17.0 Å². The maximum Gasteiger partial charge on any atom is 0.330 e. The number of hydrogen-bond donors (Lipinski definition) is 3. The molecule has 1 atom stereocenters. The van der Waals surface area contributed by atoms with E-state index in [1.807, 2.05) is 0 Å². The molecule has 0 bridgehead atoms. The Hall–Kier alpha value is -2.60. The van der Waals surface area contributed by atoms with Gasteiger partial charge in [-0.15, -0.1) is 0 Å². The molecule has 0 saturated heterocycles. The summed E-state index contributed by atoms with van der Waals surface area (Å²) in [6, 6.07) is 10.3. The summed E-state index contributed by atoms with van der Waals surface area (Å²) in [6.07, 6.45) is 0. The first-order valence-corrected chi connectivity index (χ1v) is 5.99. The zero-order valence-electron chi connectivity index (χ0n) is 10.6. The Morgan fingerprint density at radius 1 is 1.20 bits per heavy atom. The molecule has 2 rings (SSSR count). The van der Waals surface area contributed by atoms with Crippen LogP contribution in [0.2, 0.25) is 0 Å². The van der Waals surface area contributed by atoms with E-state index in [0.29, 0.717) is 11.3 Å². The van der Waals surface area contributed by atoms with E-state index in [0.717, 1.165) is 0 Å². The number of rotatable bonds is 5. The molecule has 0 aliphatic carbocycles. The van der Waals surface area contributed by atoms with Crippen molar-refractivity contribution in [1.29, 1.82) is 0 Å². The van der Waals surface area contributed by atoms with Gasteiger partial charge in [-0.05, 0) is 17.7 Å². The Labute approximate surface area is 115 Å². The molecule has 1 amide bonds. The van der Waals surface area contributed by atoms with Gasteiger partial charge in [0.05, 0.1) is 6.54 Å². The second-order valence-corrected chi connectivity index (χ2v) is 4.13. The van der Waals surface area contributed by atoms with Crippen molar-refractivity contribution in [3.8, 4) is 0 Å². The molecular weight excluding hydrogens is 260 g/mol. The van der Waals surface area contributed by atoms with Crippen LogP contribution in [0, 0.1) is 0 Å². The average molecular weight is 274 g/mol. The second-order valence-electron chi connectivity index (χ2n) is 4.13. The van der Waals surface area contributed by atoms with Crippen molar-refractivity contribution >= 4 is 11.9 Å². The zero-order chi connectivity index (χ0) is 14.5. The number of carbonyl (C=O) groups excluding carboxylic acids is 1. The minimum atomic E-state index is -1.14.